The van der Waals surface area contributed by atoms with Gasteiger partial charge < -0.3 is 25.0 Å². The highest BCUT2D eigenvalue weighted by atomic mass is 32.1. The Morgan fingerprint density at radius 2 is 2.06 bits per heavy atom. The van der Waals surface area contributed by atoms with E-state index in [0.717, 1.165) is 11.4 Å². The number of hydrogen-bond acceptors (Lipinski definition) is 6. The van der Waals surface area contributed by atoms with Crippen LogP contribution < -0.4 is 15.1 Å². The summed E-state index contributed by atoms with van der Waals surface area (Å²) in [6.07, 6.45) is 0.0554. The molecule has 3 rings (SSSR count). The number of carbonyl (C=O) groups excluding carboxylic acids is 2. The largest absolute Gasteiger partial charge is 0.442 e. The molecule has 8 nitrogen and oxygen atoms in total. The highest BCUT2D eigenvalue weighted by Crippen LogP contribution is 2.28. The van der Waals surface area contributed by atoms with E-state index in [2.05, 4.69) is 12.2 Å². The number of carbonyl (C=O) groups is 2. The summed E-state index contributed by atoms with van der Waals surface area (Å²) in [6.45, 7) is 6.10. The van der Waals surface area contributed by atoms with Crippen LogP contribution in [0.15, 0.2) is 18.2 Å². The summed E-state index contributed by atoms with van der Waals surface area (Å²) in [5.74, 6) is -0.503. The van der Waals surface area contributed by atoms with Gasteiger partial charge in [0, 0.05) is 32.1 Å². The Morgan fingerprint density at radius 3 is 2.68 bits per heavy atom. The number of rotatable bonds is 7. The van der Waals surface area contributed by atoms with E-state index in [1.165, 1.54) is 11.0 Å². The van der Waals surface area contributed by atoms with E-state index < -0.39 is 18.5 Å². The summed E-state index contributed by atoms with van der Waals surface area (Å²) in [4.78, 5) is 29.5. The van der Waals surface area contributed by atoms with E-state index in [-0.39, 0.29) is 17.9 Å². The zero-order valence-corrected chi connectivity index (χ0v) is 18.7. The van der Waals surface area contributed by atoms with Crippen molar-refractivity contribution in [3.8, 4) is 0 Å². The molecule has 2 atom stereocenters. The second-order valence-corrected chi connectivity index (χ2v) is 8.27. The van der Waals surface area contributed by atoms with E-state index >= 15 is 0 Å². The lowest BCUT2D eigenvalue weighted by atomic mass is 10.1. The van der Waals surface area contributed by atoms with Crippen LogP contribution >= 0.6 is 12.2 Å². The summed E-state index contributed by atoms with van der Waals surface area (Å²) >= 11 is 5.33. The highest BCUT2D eigenvalue weighted by Gasteiger charge is 2.33. The second-order valence-electron chi connectivity index (χ2n) is 7.83. The Hall–Kier alpha value is -2.46. The normalized spacial score (nSPS) is 19.9. The molecule has 0 aromatic heterocycles. The van der Waals surface area contributed by atoms with Crippen LogP contribution in [0.25, 0.3) is 0 Å². The van der Waals surface area contributed by atoms with Crippen molar-refractivity contribution in [1.29, 1.82) is 0 Å². The van der Waals surface area contributed by atoms with Gasteiger partial charge in [0.05, 0.1) is 29.5 Å². The molecule has 170 valence electrons. The van der Waals surface area contributed by atoms with Gasteiger partial charge in [-0.2, -0.15) is 0 Å². The molecule has 2 saturated heterocycles. The Labute approximate surface area is 186 Å². The lowest BCUT2D eigenvalue weighted by Crippen LogP contribution is -2.49. The molecule has 0 aliphatic carbocycles. The molecule has 1 unspecified atom stereocenters. The molecular formula is C21H29FN4O4S. The van der Waals surface area contributed by atoms with Crippen LogP contribution in [0.3, 0.4) is 0 Å². The average molecular weight is 453 g/mol. The van der Waals surface area contributed by atoms with Crippen LogP contribution in [0, 0.1) is 11.7 Å². The maximum Gasteiger partial charge on any atom is 0.414 e. The van der Waals surface area contributed by atoms with Gasteiger partial charge in [-0.05, 0) is 24.6 Å². The Kier molecular flexibility index (Phi) is 7.66. The summed E-state index contributed by atoms with van der Waals surface area (Å²) in [5, 5.41) is 12.1. The zero-order chi connectivity index (χ0) is 22.5. The van der Waals surface area contributed by atoms with Crippen LogP contribution in [0.1, 0.15) is 20.3 Å². The van der Waals surface area contributed by atoms with Gasteiger partial charge in [-0.25, -0.2) is 9.18 Å². The van der Waals surface area contributed by atoms with Gasteiger partial charge in [-0.3, -0.25) is 9.69 Å². The molecule has 1 aromatic carbocycles. The number of hydrogen-bond donors (Lipinski definition) is 2. The first-order valence-corrected chi connectivity index (χ1v) is 10.9. The number of aliphatic hydroxyl groups is 1. The predicted molar refractivity (Wildman–Crippen MR) is 120 cm³/mol. The van der Waals surface area contributed by atoms with Gasteiger partial charge in [0.25, 0.3) is 0 Å². The number of anilines is 2. The molecule has 2 aliphatic rings. The maximum atomic E-state index is 14.8. The van der Waals surface area contributed by atoms with Crippen molar-refractivity contribution in [1.82, 2.24) is 10.2 Å². The lowest BCUT2D eigenvalue weighted by Gasteiger charge is -2.36. The van der Waals surface area contributed by atoms with Crippen LogP contribution in [0.4, 0.5) is 20.6 Å². The van der Waals surface area contributed by atoms with Crippen molar-refractivity contribution in [3.63, 3.8) is 0 Å². The van der Waals surface area contributed by atoms with Crippen molar-refractivity contribution in [3.05, 3.63) is 24.0 Å². The topological polar surface area (TPSA) is 85.4 Å². The summed E-state index contributed by atoms with van der Waals surface area (Å²) < 4.78 is 20.2. The quantitative estimate of drug-likeness (QED) is 0.610. The fourth-order valence-electron chi connectivity index (χ4n) is 3.63. The number of nitrogens with one attached hydrogen (secondary N) is 1. The van der Waals surface area contributed by atoms with E-state index in [9.17, 15) is 14.0 Å². The molecule has 2 fully saturated rings. The first kappa shape index (κ1) is 23.2. The van der Waals surface area contributed by atoms with E-state index in [4.69, 9.17) is 22.1 Å². The molecule has 0 radical (unpaired) electrons. The highest BCUT2D eigenvalue weighted by molar-refractivity contribution is 7.80. The van der Waals surface area contributed by atoms with Crippen molar-refractivity contribution in [2.24, 2.45) is 5.92 Å². The molecule has 2 amide bonds. The number of benzene rings is 1. The van der Waals surface area contributed by atoms with Crippen LogP contribution in [0.2, 0.25) is 0 Å². The SMILES string of the molecule is CC[C@H](C)C(=S)NCC1CN(c2ccc(N3CCN(C(=O)CO)CC3)c(F)c2)C(=O)O1. The standard InChI is InChI=1S/C21H29FN4O4S/c1-3-14(2)20(31)23-11-16-12-26(21(29)30-16)15-4-5-18(17(22)10-15)24-6-8-25(9-7-24)19(28)13-27/h4-5,10,14,16,27H,3,6-9,11-13H2,1-2H3,(H,23,31)/t14-,16?/m0/s1. The number of halogens is 1. The van der Waals surface area contributed by atoms with Crippen LogP contribution in [-0.4, -0.2) is 79.0 Å². The minimum absolute atomic E-state index is 0.258. The van der Waals surface area contributed by atoms with Crippen molar-refractivity contribution < 1.29 is 23.8 Å². The lowest BCUT2D eigenvalue weighted by molar-refractivity contribution is -0.134. The number of aliphatic hydroxyl groups excluding tert-OH is 1. The average Bonchev–Trinajstić information content (AvgIpc) is 3.16. The van der Waals surface area contributed by atoms with Crippen molar-refractivity contribution in [2.45, 2.75) is 26.4 Å². The van der Waals surface area contributed by atoms with E-state index in [0.29, 0.717) is 50.6 Å². The van der Waals surface area contributed by atoms with Gasteiger partial charge in [0.15, 0.2) is 0 Å². The zero-order valence-electron chi connectivity index (χ0n) is 17.8. The second kappa shape index (κ2) is 10.2. The van der Waals surface area contributed by atoms with Gasteiger partial charge in [0.2, 0.25) is 5.91 Å². The monoisotopic (exact) mass is 452 g/mol. The Balaban J connectivity index is 1.59. The summed E-state index contributed by atoms with van der Waals surface area (Å²) in [6, 6.07) is 4.68. The fraction of sp³-hybridized carbons (Fsp3) is 0.571. The molecule has 2 heterocycles. The molecule has 31 heavy (non-hydrogen) atoms. The van der Waals surface area contributed by atoms with E-state index in [1.54, 1.807) is 17.0 Å². The molecule has 2 N–H and O–H groups in total. The number of piperazine rings is 1. The number of nitrogens with zero attached hydrogens (tertiary/aromatic N) is 3. The predicted octanol–water partition coefficient (Wildman–Crippen LogP) is 1.75. The number of ether oxygens (including phenoxy) is 1. The molecule has 2 aliphatic heterocycles. The fourth-order valence-corrected chi connectivity index (χ4v) is 3.88. The molecular weight excluding hydrogens is 423 g/mol. The Bertz CT molecular complexity index is 832. The first-order chi connectivity index (χ1) is 14.8. The molecule has 10 heteroatoms. The smallest absolute Gasteiger partial charge is 0.414 e. The van der Waals surface area contributed by atoms with E-state index in [1.807, 2.05) is 11.8 Å². The van der Waals surface area contributed by atoms with Crippen LogP contribution in [0.5, 0.6) is 0 Å². The van der Waals surface area contributed by atoms with Crippen molar-refractivity contribution >= 4 is 40.6 Å². The number of thiocarbonyl (C=S) groups is 1. The number of cyclic esters (lactones) is 1. The van der Waals surface area contributed by atoms with Gasteiger partial charge in [0.1, 0.15) is 18.5 Å². The van der Waals surface area contributed by atoms with Gasteiger partial charge >= 0.3 is 6.09 Å². The molecule has 1 aromatic rings. The van der Waals surface area contributed by atoms with Gasteiger partial charge in [-0.15, -0.1) is 0 Å². The van der Waals surface area contributed by atoms with Crippen LogP contribution in [-0.2, 0) is 9.53 Å². The first-order valence-electron chi connectivity index (χ1n) is 10.5. The molecule has 0 bridgehead atoms. The minimum Gasteiger partial charge on any atom is -0.442 e. The van der Waals surface area contributed by atoms with Gasteiger partial charge in [-0.1, -0.05) is 26.1 Å². The third kappa shape index (κ3) is 5.43. The third-order valence-electron chi connectivity index (χ3n) is 5.79. The summed E-state index contributed by atoms with van der Waals surface area (Å²) in [5.41, 5.74) is 0.858. The molecule has 0 saturated carbocycles. The molecule has 0 spiro atoms. The minimum atomic E-state index is -0.519. The Morgan fingerprint density at radius 1 is 1.35 bits per heavy atom. The third-order valence-corrected chi connectivity index (χ3v) is 6.34. The number of amides is 2. The summed E-state index contributed by atoms with van der Waals surface area (Å²) in [7, 11) is 0. The van der Waals surface area contributed by atoms with Crippen molar-refractivity contribution in [2.75, 3.05) is 55.7 Å². The maximum absolute atomic E-state index is 14.8.